The number of rotatable bonds is 4. The Morgan fingerprint density at radius 3 is 2.72 bits per heavy atom. The molecule has 0 N–H and O–H groups in total. The highest BCUT2D eigenvalue weighted by Gasteiger charge is 2.25. The van der Waals surface area contributed by atoms with Crippen LogP contribution >= 0.6 is 0 Å². The molecule has 2 rings (SSSR count). The lowest BCUT2D eigenvalue weighted by atomic mass is 9.85. The van der Waals surface area contributed by atoms with E-state index in [0.29, 0.717) is 13.0 Å². The van der Waals surface area contributed by atoms with Crippen molar-refractivity contribution in [1.82, 2.24) is 0 Å². The summed E-state index contributed by atoms with van der Waals surface area (Å²) < 4.78 is 5.19. The zero-order chi connectivity index (χ0) is 13.2. The highest BCUT2D eigenvalue weighted by molar-refractivity contribution is 5.70. The first-order chi connectivity index (χ1) is 8.54. The normalized spacial score (nSPS) is 16.1. The fraction of sp³-hybridized carbons (Fsp3) is 0.438. The van der Waals surface area contributed by atoms with Gasteiger partial charge in [0, 0.05) is 18.3 Å². The van der Waals surface area contributed by atoms with Crippen LogP contribution in [0.3, 0.4) is 0 Å². The third kappa shape index (κ3) is 2.47. The molecular weight excluding hydrogens is 224 g/mol. The molecule has 0 radical (unpaired) electrons. The van der Waals surface area contributed by atoms with Crippen LogP contribution in [0.15, 0.2) is 24.3 Å². The van der Waals surface area contributed by atoms with Gasteiger partial charge >= 0.3 is 5.97 Å². The first kappa shape index (κ1) is 12.9. The van der Waals surface area contributed by atoms with Gasteiger partial charge in [0.2, 0.25) is 0 Å². The van der Waals surface area contributed by atoms with E-state index in [9.17, 15) is 4.79 Å². The molecule has 1 aliphatic carbocycles. The van der Waals surface area contributed by atoms with Crippen LogP contribution in [0.25, 0.3) is 11.6 Å². The predicted octanol–water partition coefficient (Wildman–Crippen LogP) is 2.00. The molecule has 0 amide bonds. The van der Waals surface area contributed by atoms with Gasteiger partial charge in [0.1, 0.15) is 0 Å². The molecule has 0 saturated heterocycles. The van der Waals surface area contributed by atoms with Crippen molar-refractivity contribution in [2.45, 2.75) is 33.6 Å². The number of esters is 1. The van der Waals surface area contributed by atoms with Gasteiger partial charge in [-0.1, -0.05) is 51.1 Å². The van der Waals surface area contributed by atoms with Crippen molar-refractivity contribution in [3.8, 4) is 0 Å². The van der Waals surface area contributed by atoms with Crippen LogP contribution in [-0.4, -0.2) is 12.6 Å². The minimum Gasteiger partial charge on any atom is -0.465 e. The zero-order valence-corrected chi connectivity index (χ0v) is 11.3. The van der Waals surface area contributed by atoms with E-state index in [0.717, 1.165) is 6.42 Å². The Balaban J connectivity index is 2.22. The molecule has 2 heteroatoms. The van der Waals surface area contributed by atoms with E-state index in [2.05, 4.69) is 44.2 Å². The summed E-state index contributed by atoms with van der Waals surface area (Å²) in [6.07, 6.45) is 3.55. The second kappa shape index (κ2) is 4.97. The van der Waals surface area contributed by atoms with Crippen LogP contribution < -0.4 is 10.4 Å². The molecule has 0 aromatic heterocycles. The van der Waals surface area contributed by atoms with Gasteiger partial charge < -0.3 is 4.74 Å². The monoisotopic (exact) mass is 244 g/mol. The van der Waals surface area contributed by atoms with Crippen LogP contribution in [0, 0.1) is 5.41 Å². The van der Waals surface area contributed by atoms with Gasteiger partial charge in [-0.25, -0.2) is 0 Å². The van der Waals surface area contributed by atoms with Crippen molar-refractivity contribution in [3.63, 3.8) is 0 Å². The minimum atomic E-state index is -0.122. The van der Waals surface area contributed by atoms with E-state index in [1.54, 1.807) is 0 Å². The molecule has 0 unspecified atom stereocenters. The van der Waals surface area contributed by atoms with Crippen LogP contribution in [0.1, 0.15) is 33.6 Å². The zero-order valence-electron chi connectivity index (χ0n) is 11.3. The molecule has 1 aliphatic rings. The van der Waals surface area contributed by atoms with Gasteiger partial charge in [-0.05, 0) is 16.0 Å². The lowest BCUT2D eigenvalue weighted by molar-refractivity contribution is -0.143. The minimum absolute atomic E-state index is 0.0578. The van der Waals surface area contributed by atoms with E-state index < -0.39 is 0 Å². The fourth-order valence-corrected chi connectivity index (χ4v) is 2.55. The van der Waals surface area contributed by atoms with E-state index in [1.807, 2.05) is 6.92 Å². The maximum atomic E-state index is 11.2. The van der Waals surface area contributed by atoms with E-state index in [-0.39, 0.29) is 11.4 Å². The molecule has 0 spiro atoms. The summed E-state index contributed by atoms with van der Waals surface area (Å²) in [6.45, 7) is 6.72. The Hall–Kier alpha value is -1.57. The van der Waals surface area contributed by atoms with E-state index in [1.165, 1.54) is 16.0 Å². The van der Waals surface area contributed by atoms with Gasteiger partial charge in [0.15, 0.2) is 0 Å². The molecule has 1 aromatic carbocycles. The maximum Gasteiger partial charge on any atom is 0.305 e. The van der Waals surface area contributed by atoms with Gasteiger partial charge in [-0.2, -0.15) is 0 Å². The van der Waals surface area contributed by atoms with Crippen LogP contribution in [0.5, 0.6) is 0 Å². The van der Waals surface area contributed by atoms with Gasteiger partial charge in [-0.15, -0.1) is 0 Å². The van der Waals surface area contributed by atoms with Crippen molar-refractivity contribution in [2.75, 3.05) is 6.61 Å². The lowest BCUT2D eigenvalue weighted by Crippen LogP contribution is -2.23. The molecule has 0 atom stereocenters. The third-order valence-electron chi connectivity index (χ3n) is 3.48. The average molecular weight is 244 g/mol. The van der Waals surface area contributed by atoms with Crippen LogP contribution in [-0.2, 0) is 9.53 Å². The van der Waals surface area contributed by atoms with Crippen molar-refractivity contribution in [1.29, 1.82) is 0 Å². The smallest absolute Gasteiger partial charge is 0.305 e. The number of fused-ring (bicyclic) bond motifs is 1. The number of hydrogen-bond donors (Lipinski definition) is 0. The third-order valence-corrected chi connectivity index (χ3v) is 3.48. The first-order valence-corrected chi connectivity index (χ1v) is 6.52. The Kier molecular flexibility index (Phi) is 3.55. The van der Waals surface area contributed by atoms with E-state index >= 15 is 0 Å². The fourth-order valence-electron chi connectivity index (χ4n) is 2.55. The lowest BCUT2D eigenvalue weighted by Gasteiger charge is -2.21. The predicted molar refractivity (Wildman–Crippen MR) is 73.2 cm³/mol. The van der Waals surface area contributed by atoms with E-state index in [4.69, 9.17) is 4.74 Å². The standard InChI is InChI=1S/C16H20O2/c1-4-15(17)18-10-9-14-13-8-6-5-7-12(13)11-16(14,2)3/h5-8,11H,4,9-10H2,1-3H3. The maximum absolute atomic E-state index is 11.2. The van der Waals surface area contributed by atoms with Crippen molar-refractivity contribution < 1.29 is 9.53 Å². The number of carbonyl (C=O) groups excluding carboxylic acids is 1. The van der Waals surface area contributed by atoms with Gasteiger partial charge in [0.25, 0.3) is 0 Å². The SMILES string of the molecule is CCC(=O)OCCC1=c2ccccc2=CC1(C)C. The average Bonchev–Trinajstić information content (AvgIpc) is 2.60. The summed E-state index contributed by atoms with van der Waals surface area (Å²) >= 11 is 0. The molecule has 18 heavy (non-hydrogen) atoms. The topological polar surface area (TPSA) is 26.3 Å². The molecule has 96 valence electrons. The highest BCUT2D eigenvalue weighted by atomic mass is 16.5. The van der Waals surface area contributed by atoms with Crippen molar-refractivity contribution in [3.05, 3.63) is 34.7 Å². The summed E-state index contributed by atoms with van der Waals surface area (Å²) in [7, 11) is 0. The quantitative estimate of drug-likeness (QED) is 0.757. The van der Waals surface area contributed by atoms with Crippen LogP contribution in [0.2, 0.25) is 0 Å². The Bertz CT molecular complexity index is 567. The molecule has 0 bridgehead atoms. The second-order valence-corrected chi connectivity index (χ2v) is 5.26. The second-order valence-electron chi connectivity index (χ2n) is 5.26. The summed E-state index contributed by atoms with van der Waals surface area (Å²) in [5.41, 5.74) is 1.42. The van der Waals surface area contributed by atoms with Crippen molar-refractivity contribution >= 4 is 17.6 Å². The Morgan fingerprint density at radius 1 is 1.28 bits per heavy atom. The number of hydrogen-bond acceptors (Lipinski definition) is 2. The molecule has 0 saturated carbocycles. The van der Waals surface area contributed by atoms with Gasteiger partial charge in [-0.3, -0.25) is 4.79 Å². The molecule has 2 nitrogen and oxygen atoms in total. The number of benzene rings is 1. The molecule has 1 aromatic rings. The first-order valence-electron chi connectivity index (χ1n) is 6.52. The largest absolute Gasteiger partial charge is 0.465 e. The summed E-state index contributed by atoms with van der Waals surface area (Å²) in [5.74, 6) is -0.122. The number of ether oxygens (including phenoxy) is 1. The number of carbonyl (C=O) groups is 1. The summed E-state index contributed by atoms with van der Waals surface area (Å²) in [6, 6.07) is 8.41. The molecule has 0 aliphatic heterocycles. The van der Waals surface area contributed by atoms with Crippen LogP contribution in [0.4, 0.5) is 0 Å². The molecular formula is C16H20O2. The Morgan fingerprint density at radius 2 is 2.00 bits per heavy atom. The van der Waals surface area contributed by atoms with Gasteiger partial charge in [0.05, 0.1) is 6.61 Å². The Labute approximate surface area is 108 Å². The molecule has 0 heterocycles. The highest BCUT2D eigenvalue weighted by Crippen LogP contribution is 2.32. The summed E-state index contributed by atoms with van der Waals surface area (Å²) in [4.78, 5) is 11.2. The van der Waals surface area contributed by atoms with Crippen molar-refractivity contribution in [2.24, 2.45) is 5.41 Å². The summed E-state index contributed by atoms with van der Waals surface area (Å²) in [5, 5.41) is 2.59. The molecule has 0 fully saturated rings.